The van der Waals surface area contributed by atoms with E-state index in [4.69, 9.17) is 0 Å². The molecule has 0 atom stereocenters. The highest BCUT2D eigenvalue weighted by molar-refractivity contribution is 5.07. The Labute approximate surface area is 137 Å². The fourth-order valence-electron chi connectivity index (χ4n) is 6.49. The van der Waals surface area contributed by atoms with Crippen molar-refractivity contribution in [2.45, 2.75) is 104 Å². The third-order valence-electron chi connectivity index (χ3n) is 8.01. The van der Waals surface area contributed by atoms with Gasteiger partial charge in [-0.3, -0.25) is 0 Å². The predicted molar refractivity (Wildman–Crippen MR) is 92.4 cm³/mol. The standard InChI is InChI=1S/C21H35N/c1-3-7-19-11-14-21(15-12-19,16-13-19)18-5-9-20(17-22,8-4-2)10-6-18/h18H,3-16H2,1-2H3/t18-,19?,20-,21?. The zero-order valence-corrected chi connectivity index (χ0v) is 14.9. The molecule has 0 aromatic carbocycles. The number of hydrogen-bond donors (Lipinski definition) is 0. The van der Waals surface area contributed by atoms with Gasteiger partial charge < -0.3 is 0 Å². The highest BCUT2D eigenvalue weighted by Gasteiger charge is 2.52. The van der Waals surface area contributed by atoms with Gasteiger partial charge in [0.05, 0.1) is 11.5 Å². The van der Waals surface area contributed by atoms with Crippen molar-refractivity contribution in [3.8, 4) is 6.07 Å². The van der Waals surface area contributed by atoms with E-state index in [-0.39, 0.29) is 5.41 Å². The predicted octanol–water partition coefficient (Wildman–Crippen LogP) is 6.63. The summed E-state index contributed by atoms with van der Waals surface area (Å²) in [5, 5.41) is 9.64. The lowest BCUT2D eigenvalue weighted by molar-refractivity contribution is -0.0683. The summed E-state index contributed by atoms with van der Waals surface area (Å²) >= 11 is 0. The van der Waals surface area contributed by atoms with Gasteiger partial charge >= 0.3 is 0 Å². The monoisotopic (exact) mass is 301 g/mol. The van der Waals surface area contributed by atoms with Gasteiger partial charge in [0.25, 0.3) is 0 Å². The second-order valence-electron chi connectivity index (χ2n) is 9.03. The molecule has 0 amide bonds. The van der Waals surface area contributed by atoms with E-state index < -0.39 is 0 Å². The average molecular weight is 302 g/mol. The van der Waals surface area contributed by atoms with E-state index in [1.165, 1.54) is 83.5 Å². The molecule has 0 saturated heterocycles. The Balaban J connectivity index is 1.62. The summed E-state index contributed by atoms with van der Waals surface area (Å²) in [5.41, 5.74) is 1.46. The van der Waals surface area contributed by atoms with Crippen LogP contribution in [0.4, 0.5) is 0 Å². The molecule has 0 radical (unpaired) electrons. The van der Waals surface area contributed by atoms with Crippen LogP contribution in [-0.2, 0) is 0 Å². The van der Waals surface area contributed by atoms with Crippen molar-refractivity contribution in [3.63, 3.8) is 0 Å². The van der Waals surface area contributed by atoms with Gasteiger partial charge in [0.1, 0.15) is 0 Å². The molecule has 22 heavy (non-hydrogen) atoms. The van der Waals surface area contributed by atoms with Crippen LogP contribution >= 0.6 is 0 Å². The second kappa shape index (κ2) is 6.18. The lowest BCUT2D eigenvalue weighted by Gasteiger charge is -2.58. The van der Waals surface area contributed by atoms with Crippen molar-refractivity contribution < 1.29 is 0 Å². The van der Waals surface area contributed by atoms with Gasteiger partial charge in [-0.25, -0.2) is 0 Å². The Morgan fingerprint density at radius 3 is 1.82 bits per heavy atom. The number of rotatable bonds is 5. The van der Waals surface area contributed by atoms with E-state index in [2.05, 4.69) is 19.9 Å². The highest BCUT2D eigenvalue weighted by Crippen LogP contribution is 2.64. The molecule has 124 valence electrons. The molecular formula is C21H35N. The van der Waals surface area contributed by atoms with Crippen molar-refractivity contribution in [1.82, 2.24) is 0 Å². The van der Waals surface area contributed by atoms with Gasteiger partial charge in [-0.1, -0.05) is 26.7 Å². The summed E-state index contributed by atoms with van der Waals surface area (Å²) in [6.45, 7) is 4.60. The van der Waals surface area contributed by atoms with Crippen molar-refractivity contribution in [2.75, 3.05) is 0 Å². The van der Waals surface area contributed by atoms with Crippen LogP contribution in [0.1, 0.15) is 104 Å². The molecule has 1 nitrogen and oxygen atoms in total. The molecule has 1 heteroatoms. The molecular weight excluding hydrogens is 266 g/mol. The third kappa shape index (κ3) is 2.72. The van der Waals surface area contributed by atoms with Crippen LogP contribution in [0.5, 0.6) is 0 Å². The molecule has 4 saturated carbocycles. The maximum absolute atomic E-state index is 9.64. The normalized spacial score (nSPS) is 44.7. The lowest BCUT2D eigenvalue weighted by Crippen LogP contribution is -2.47. The van der Waals surface area contributed by atoms with Crippen molar-refractivity contribution in [1.29, 1.82) is 5.26 Å². The van der Waals surface area contributed by atoms with Gasteiger partial charge in [0.2, 0.25) is 0 Å². The molecule has 4 rings (SSSR count). The van der Waals surface area contributed by atoms with Gasteiger partial charge in [-0.05, 0) is 93.8 Å². The first-order valence-corrected chi connectivity index (χ1v) is 10.0. The van der Waals surface area contributed by atoms with Crippen LogP contribution in [0.3, 0.4) is 0 Å². The molecule has 0 N–H and O–H groups in total. The molecule has 4 aliphatic rings. The fourth-order valence-corrected chi connectivity index (χ4v) is 6.49. The SMILES string of the molecule is CCCC12CCC([C@H]3CC[C@@](C#N)(CCC)CC3)(CC1)CC2. The molecule has 0 heterocycles. The summed E-state index contributed by atoms with van der Waals surface area (Å²) in [5.74, 6) is 0.936. The zero-order chi connectivity index (χ0) is 15.7. The number of fused-ring (bicyclic) bond motifs is 3. The summed E-state index contributed by atoms with van der Waals surface area (Å²) in [6.07, 6.45) is 19.2. The molecule has 0 spiro atoms. The quantitative estimate of drug-likeness (QED) is 0.559. The molecule has 4 aliphatic carbocycles. The molecule has 0 unspecified atom stereocenters. The summed E-state index contributed by atoms with van der Waals surface area (Å²) in [7, 11) is 0. The van der Waals surface area contributed by atoms with Gasteiger partial charge in [-0.15, -0.1) is 0 Å². The minimum atomic E-state index is 0.0389. The van der Waals surface area contributed by atoms with Crippen LogP contribution in [0, 0.1) is 33.5 Å². The van der Waals surface area contributed by atoms with Crippen LogP contribution in [0.25, 0.3) is 0 Å². The minimum Gasteiger partial charge on any atom is -0.198 e. The Bertz CT molecular complexity index is 397. The Kier molecular flexibility index (Phi) is 4.59. The number of hydrogen-bond acceptors (Lipinski definition) is 1. The Morgan fingerprint density at radius 1 is 0.818 bits per heavy atom. The lowest BCUT2D eigenvalue weighted by atomic mass is 9.47. The van der Waals surface area contributed by atoms with E-state index >= 15 is 0 Å². The first-order valence-electron chi connectivity index (χ1n) is 10.0. The van der Waals surface area contributed by atoms with Gasteiger partial charge in [-0.2, -0.15) is 5.26 Å². The highest BCUT2D eigenvalue weighted by atomic mass is 14.6. The first kappa shape index (κ1) is 16.4. The van der Waals surface area contributed by atoms with E-state index in [9.17, 15) is 5.26 Å². The Hall–Kier alpha value is -0.510. The van der Waals surface area contributed by atoms with E-state index in [0.29, 0.717) is 5.41 Å². The van der Waals surface area contributed by atoms with Gasteiger partial charge in [0.15, 0.2) is 0 Å². The van der Waals surface area contributed by atoms with Crippen molar-refractivity contribution >= 4 is 0 Å². The fraction of sp³-hybridized carbons (Fsp3) is 0.952. The van der Waals surface area contributed by atoms with Crippen molar-refractivity contribution in [3.05, 3.63) is 0 Å². The first-order chi connectivity index (χ1) is 10.6. The summed E-state index contributed by atoms with van der Waals surface area (Å²) in [4.78, 5) is 0. The maximum Gasteiger partial charge on any atom is 0.0689 e. The number of nitrogens with zero attached hydrogens (tertiary/aromatic N) is 1. The molecule has 4 fully saturated rings. The van der Waals surface area contributed by atoms with Crippen LogP contribution in [0.2, 0.25) is 0 Å². The topological polar surface area (TPSA) is 23.8 Å². The zero-order valence-electron chi connectivity index (χ0n) is 14.9. The number of nitriles is 1. The van der Waals surface area contributed by atoms with E-state index in [0.717, 1.165) is 17.8 Å². The van der Waals surface area contributed by atoms with Crippen LogP contribution in [-0.4, -0.2) is 0 Å². The van der Waals surface area contributed by atoms with Gasteiger partial charge in [0, 0.05) is 0 Å². The maximum atomic E-state index is 9.64. The molecule has 2 bridgehead atoms. The largest absolute Gasteiger partial charge is 0.198 e. The van der Waals surface area contributed by atoms with E-state index in [1.807, 2.05) is 0 Å². The van der Waals surface area contributed by atoms with Crippen LogP contribution in [0.15, 0.2) is 0 Å². The smallest absolute Gasteiger partial charge is 0.0689 e. The average Bonchev–Trinajstić information content (AvgIpc) is 2.57. The summed E-state index contributed by atoms with van der Waals surface area (Å²) < 4.78 is 0. The van der Waals surface area contributed by atoms with Crippen LogP contribution < -0.4 is 0 Å². The Morgan fingerprint density at radius 2 is 1.36 bits per heavy atom. The summed E-state index contributed by atoms with van der Waals surface area (Å²) in [6, 6.07) is 2.70. The third-order valence-corrected chi connectivity index (χ3v) is 8.01. The molecule has 0 aliphatic heterocycles. The molecule has 0 aromatic heterocycles. The van der Waals surface area contributed by atoms with E-state index in [1.54, 1.807) is 0 Å². The second-order valence-corrected chi connectivity index (χ2v) is 9.03. The minimum absolute atomic E-state index is 0.0389. The molecule has 0 aromatic rings. The van der Waals surface area contributed by atoms with Crippen molar-refractivity contribution in [2.24, 2.45) is 22.2 Å².